The summed E-state index contributed by atoms with van der Waals surface area (Å²) in [6.45, 7) is 2.27. The number of nitrogens with zero attached hydrogens (tertiary/aromatic N) is 1. The van der Waals surface area contributed by atoms with Gasteiger partial charge in [0.25, 0.3) is 0 Å². The van der Waals surface area contributed by atoms with E-state index in [1.807, 2.05) is 42.5 Å². The molecule has 156 valence electrons. The van der Waals surface area contributed by atoms with Crippen LogP contribution in [0.4, 0.5) is 0 Å². The maximum Gasteiger partial charge on any atom is 0.240 e. The van der Waals surface area contributed by atoms with Gasteiger partial charge in [-0.1, -0.05) is 120 Å². The number of amides is 1. The molecule has 0 radical (unpaired) electrons. The van der Waals surface area contributed by atoms with E-state index in [0.29, 0.717) is 6.42 Å². The van der Waals surface area contributed by atoms with Gasteiger partial charge in [-0.15, -0.1) is 0 Å². The lowest BCUT2D eigenvalue weighted by molar-refractivity contribution is -0.121. The molecule has 0 aliphatic rings. The van der Waals surface area contributed by atoms with Crippen LogP contribution in [0.5, 0.6) is 0 Å². The zero-order valence-corrected chi connectivity index (χ0v) is 17.9. The van der Waals surface area contributed by atoms with Crippen LogP contribution in [0.3, 0.4) is 0 Å². The molecule has 0 aromatic heterocycles. The molecule has 3 nitrogen and oxygen atoms in total. The second kappa shape index (κ2) is 18.5. The van der Waals surface area contributed by atoms with E-state index in [4.69, 9.17) is 0 Å². The highest BCUT2D eigenvalue weighted by molar-refractivity contribution is 5.81. The van der Waals surface area contributed by atoms with Crippen molar-refractivity contribution in [3.8, 4) is 0 Å². The van der Waals surface area contributed by atoms with Crippen LogP contribution >= 0.6 is 0 Å². The minimum atomic E-state index is 0.00688. The van der Waals surface area contributed by atoms with Gasteiger partial charge in [-0.3, -0.25) is 4.79 Å². The number of unbranched alkanes of at least 4 members (excludes halogenated alkanes) is 12. The number of carbonyl (C=O) groups is 1. The van der Waals surface area contributed by atoms with E-state index < -0.39 is 0 Å². The smallest absolute Gasteiger partial charge is 0.240 e. The average molecular weight is 385 g/mol. The topological polar surface area (TPSA) is 41.5 Å². The van der Waals surface area contributed by atoms with Gasteiger partial charge < -0.3 is 0 Å². The molecule has 28 heavy (non-hydrogen) atoms. The van der Waals surface area contributed by atoms with Crippen LogP contribution in [0.2, 0.25) is 0 Å². The first-order valence-electron chi connectivity index (χ1n) is 11.4. The fourth-order valence-corrected chi connectivity index (χ4v) is 3.23. The van der Waals surface area contributed by atoms with E-state index in [1.165, 1.54) is 70.6 Å². The number of carbonyl (C=O) groups excluding carboxylic acids is 1. The molecule has 1 aromatic rings. The third kappa shape index (κ3) is 15.2. The van der Waals surface area contributed by atoms with Crippen LogP contribution in [-0.4, -0.2) is 12.1 Å². The van der Waals surface area contributed by atoms with Crippen molar-refractivity contribution < 1.29 is 4.79 Å². The normalized spacial score (nSPS) is 11.5. The summed E-state index contributed by atoms with van der Waals surface area (Å²) in [5, 5.41) is 3.96. The van der Waals surface area contributed by atoms with Crippen LogP contribution in [0.15, 0.2) is 41.5 Å². The van der Waals surface area contributed by atoms with E-state index in [2.05, 4.69) is 17.5 Å². The van der Waals surface area contributed by atoms with Gasteiger partial charge in [-0.05, 0) is 18.1 Å². The molecule has 0 aliphatic heterocycles. The Bertz CT molecular complexity index is 537. The molecule has 0 bridgehead atoms. The molecule has 0 fully saturated rings. The van der Waals surface area contributed by atoms with Gasteiger partial charge in [0.1, 0.15) is 0 Å². The molecule has 0 unspecified atom stereocenters. The molecule has 1 rings (SSSR count). The van der Waals surface area contributed by atoms with Crippen LogP contribution in [0.25, 0.3) is 6.08 Å². The fraction of sp³-hybridized carbons (Fsp3) is 0.600. The van der Waals surface area contributed by atoms with Crippen molar-refractivity contribution in [1.82, 2.24) is 5.43 Å². The Morgan fingerprint density at radius 2 is 1.36 bits per heavy atom. The summed E-state index contributed by atoms with van der Waals surface area (Å²) in [6, 6.07) is 10.0. The Kier molecular flexibility index (Phi) is 15.9. The van der Waals surface area contributed by atoms with Crippen LogP contribution in [0.1, 0.15) is 102 Å². The summed E-state index contributed by atoms with van der Waals surface area (Å²) in [4.78, 5) is 11.7. The average Bonchev–Trinajstić information content (AvgIpc) is 2.72. The maximum atomic E-state index is 11.7. The highest BCUT2D eigenvalue weighted by atomic mass is 16.2. The minimum absolute atomic E-state index is 0.00688. The SMILES string of the molecule is CCCCCCCCCCCCCCCC(=O)N/N=C\C=C\c1ccccc1. The highest BCUT2D eigenvalue weighted by Crippen LogP contribution is 2.12. The monoisotopic (exact) mass is 384 g/mol. The molecular weight excluding hydrogens is 344 g/mol. The van der Waals surface area contributed by atoms with Gasteiger partial charge in [0.15, 0.2) is 0 Å². The standard InChI is InChI=1S/C25H40N2O/c1-2-3-4-5-6-7-8-9-10-11-12-13-17-22-25(28)27-26-23-18-21-24-19-15-14-16-20-24/h14-16,18-21,23H,2-13,17,22H2,1H3,(H,27,28)/b21-18+,26-23-. The van der Waals surface area contributed by atoms with E-state index >= 15 is 0 Å². The predicted molar refractivity (Wildman–Crippen MR) is 122 cm³/mol. The zero-order chi connectivity index (χ0) is 20.1. The van der Waals surface area contributed by atoms with Crippen LogP contribution < -0.4 is 5.43 Å². The maximum absolute atomic E-state index is 11.7. The van der Waals surface area contributed by atoms with Gasteiger partial charge in [-0.2, -0.15) is 5.10 Å². The molecule has 0 saturated heterocycles. The first-order valence-corrected chi connectivity index (χ1v) is 11.4. The summed E-state index contributed by atoms with van der Waals surface area (Å²) in [5.41, 5.74) is 3.71. The summed E-state index contributed by atoms with van der Waals surface area (Å²) in [5.74, 6) is 0.00688. The Morgan fingerprint density at radius 3 is 1.93 bits per heavy atom. The number of hydrogen-bond donors (Lipinski definition) is 1. The lowest BCUT2D eigenvalue weighted by Gasteiger charge is -2.03. The Labute approximate surface area is 172 Å². The largest absolute Gasteiger partial charge is 0.273 e. The number of hydrazone groups is 1. The van der Waals surface area contributed by atoms with Crippen molar-refractivity contribution in [2.24, 2.45) is 5.10 Å². The number of rotatable bonds is 17. The Balaban J connectivity index is 1.86. The molecule has 0 heterocycles. The van der Waals surface area contributed by atoms with Crippen molar-refractivity contribution in [2.75, 3.05) is 0 Å². The summed E-state index contributed by atoms with van der Waals surface area (Å²) < 4.78 is 0. The van der Waals surface area contributed by atoms with Crippen LogP contribution in [0, 0.1) is 0 Å². The second-order valence-electron chi connectivity index (χ2n) is 7.58. The molecule has 0 aliphatic carbocycles. The van der Waals surface area contributed by atoms with Crippen molar-refractivity contribution in [2.45, 2.75) is 96.8 Å². The molecule has 3 heteroatoms. The lowest BCUT2D eigenvalue weighted by Crippen LogP contribution is -2.16. The van der Waals surface area contributed by atoms with Crippen molar-refractivity contribution in [1.29, 1.82) is 0 Å². The summed E-state index contributed by atoms with van der Waals surface area (Å²) in [6.07, 6.45) is 23.1. The molecule has 0 saturated carbocycles. The number of benzene rings is 1. The van der Waals surface area contributed by atoms with E-state index in [0.717, 1.165) is 18.4 Å². The van der Waals surface area contributed by atoms with Gasteiger partial charge >= 0.3 is 0 Å². The van der Waals surface area contributed by atoms with Crippen molar-refractivity contribution in [3.05, 3.63) is 42.0 Å². The molecule has 1 aromatic carbocycles. The first kappa shape index (κ1) is 24.1. The quantitative estimate of drug-likeness (QED) is 0.171. The van der Waals surface area contributed by atoms with Gasteiger partial charge in [-0.25, -0.2) is 5.43 Å². The van der Waals surface area contributed by atoms with Crippen molar-refractivity contribution >= 4 is 18.2 Å². The number of nitrogens with one attached hydrogen (secondary N) is 1. The van der Waals surface area contributed by atoms with Gasteiger partial charge in [0.05, 0.1) is 0 Å². The zero-order valence-electron chi connectivity index (χ0n) is 17.9. The Morgan fingerprint density at radius 1 is 0.821 bits per heavy atom. The molecular formula is C25H40N2O. The summed E-state index contributed by atoms with van der Waals surface area (Å²) >= 11 is 0. The second-order valence-corrected chi connectivity index (χ2v) is 7.58. The third-order valence-corrected chi connectivity index (χ3v) is 4.95. The highest BCUT2D eigenvalue weighted by Gasteiger charge is 1.99. The minimum Gasteiger partial charge on any atom is -0.273 e. The van der Waals surface area contributed by atoms with Gasteiger partial charge in [0.2, 0.25) is 5.91 Å². The Hall–Kier alpha value is -1.90. The first-order chi connectivity index (χ1) is 13.8. The number of allylic oxidation sites excluding steroid dienone is 1. The summed E-state index contributed by atoms with van der Waals surface area (Å²) in [7, 11) is 0. The van der Waals surface area contributed by atoms with E-state index in [-0.39, 0.29) is 5.91 Å². The molecule has 1 N–H and O–H groups in total. The van der Waals surface area contributed by atoms with E-state index in [1.54, 1.807) is 6.21 Å². The predicted octanol–water partition coefficient (Wildman–Crippen LogP) is 7.28. The lowest BCUT2D eigenvalue weighted by atomic mass is 10.0. The number of hydrogen-bond acceptors (Lipinski definition) is 2. The van der Waals surface area contributed by atoms with Crippen molar-refractivity contribution in [3.63, 3.8) is 0 Å². The van der Waals surface area contributed by atoms with Gasteiger partial charge in [0, 0.05) is 12.6 Å². The fourth-order valence-electron chi connectivity index (χ4n) is 3.23. The molecule has 0 spiro atoms. The molecule has 0 atom stereocenters. The third-order valence-electron chi connectivity index (χ3n) is 4.95. The van der Waals surface area contributed by atoms with E-state index in [9.17, 15) is 4.79 Å². The van der Waals surface area contributed by atoms with Crippen LogP contribution in [-0.2, 0) is 4.79 Å². The molecule has 1 amide bonds.